The molecule has 1 atom stereocenters. The van der Waals surface area contributed by atoms with Crippen LogP contribution >= 0.6 is 0 Å². The van der Waals surface area contributed by atoms with Crippen LogP contribution in [-0.4, -0.2) is 32.6 Å². The highest BCUT2D eigenvalue weighted by Crippen LogP contribution is 2.14. The van der Waals surface area contributed by atoms with Crippen LogP contribution in [0.25, 0.3) is 5.69 Å². The second kappa shape index (κ2) is 9.25. The summed E-state index contributed by atoms with van der Waals surface area (Å²) in [6.45, 7) is 3.69. The molecular weight excluding hydrogens is 392 g/mol. The predicted molar refractivity (Wildman–Crippen MR) is 106 cm³/mol. The molecule has 2 aromatic carbocycles. The van der Waals surface area contributed by atoms with Crippen molar-refractivity contribution in [2.75, 3.05) is 0 Å². The Morgan fingerprint density at radius 2 is 1.73 bits per heavy atom. The van der Waals surface area contributed by atoms with Gasteiger partial charge in [0.25, 0.3) is 5.91 Å². The summed E-state index contributed by atoms with van der Waals surface area (Å²) in [6.07, 6.45) is 3.01. The average molecular weight is 413 g/mol. The van der Waals surface area contributed by atoms with Crippen molar-refractivity contribution in [1.29, 1.82) is 0 Å². The van der Waals surface area contributed by atoms with Crippen LogP contribution < -0.4 is 10.6 Å². The Hall–Kier alpha value is -3.62. The van der Waals surface area contributed by atoms with Crippen LogP contribution in [0.15, 0.2) is 55.1 Å². The Morgan fingerprint density at radius 3 is 2.30 bits per heavy atom. The number of carbonyl (C=O) groups excluding carboxylic acids is 2. The number of aromatic nitrogens is 3. The van der Waals surface area contributed by atoms with Gasteiger partial charge in [0.05, 0.1) is 5.69 Å². The Kier molecular flexibility index (Phi) is 6.51. The molecule has 156 valence electrons. The van der Waals surface area contributed by atoms with Crippen LogP contribution in [0.5, 0.6) is 0 Å². The Balaban J connectivity index is 1.63. The number of hydrogen-bond acceptors (Lipinski definition) is 4. The quantitative estimate of drug-likeness (QED) is 0.623. The minimum atomic E-state index is -0.983. The van der Waals surface area contributed by atoms with Gasteiger partial charge in [0.1, 0.15) is 35.9 Å². The Labute approximate surface area is 172 Å². The number of nitrogens with zero attached hydrogens (tertiary/aromatic N) is 3. The molecule has 0 saturated heterocycles. The fourth-order valence-corrected chi connectivity index (χ4v) is 2.87. The lowest BCUT2D eigenvalue weighted by atomic mass is 10.0. The van der Waals surface area contributed by atoms with Gasteiger partial charge in [-0.15, -0.1) is 0 Å². The fraction of sp³-hybridized carbons (Fsp3) is 0.238. The zero-order valence-corrected chi connectivity index (χ0v) is 16.5. The molecule has 3 aromatic rings. The van der Waals surface area contributed by atoms with E-state index in [9.17, 15) is 18.4 Å². The van der Waals surface area contributed by atoms with Crippen LogP contribution in [-0.2, 0) is 11.3 Å². The van der Waals surface area contributed by atoms with Crippen LogP contribution in [0.3, 0.4) is 0 Å². The third-order valence-electron chi connectivity index (χ3n) is 4.51. The van der Waals surface area contributed by atoms with E-state index < -0.39 is 35.1 Å². The van der Waals surface area contributed by atoms with Gasteiger partial charge in [-0.2, -0.15) is 5.10 Å². The number of rotatable bonds is 7. The van der Waals surface area contributed by atoms with E-state index in [1.165, 1.54) is 12.4 Å². The Morgan fingerprint density at radius 1 is 1.07 bits per heavy atom. The standard InChI is InChI=1S/C21H21F2N5O2/c1-13(2)19(27-20(29)18-16(22)4-3-5-17(18)23)21(30)25-10-14-6-8-15(9-7-14)28-12-24-11-26-28/h3-9,11-13,19H,10H2,1-2H3,(H,25,30)(H,27,29). The van der Waals surface area contributed by atoms with E-state index in [1.807, 2.05) is 24.3 Å². The minimum Gasteiger partial charge on any atom is -0.350 e. The molecule has 0 saturated carbocycles. The van der Waals surface area contributed by atoms with Crippen LogP contribution in [0.2, 0.25) is 0 Å². The molecule has 3 rings (SSSR count). The topological polar surface area (TPSA) is 88.9 Å². The molecule has 0 spiro atoms. The van der Waals surface area contributed by atoms with Gasteiger partial charge in [-0.1, -0.05) is 32.0 Å². The van der Waals surface area contributed by atoms with E-state index in [4.69, 9.17) is 0 Å². The largest absolute Gasteiger partial charge is 0.350 e. The van der Waals surface area contributed by atoms with Crippen molar-refractivity contribution >= 4 is 11.8 Å². The predicted octanol–water partition coefficient (Wildman–Crippen LogP) is 2.62. The van der Waals surface area contributed by atoms with Gasteiger partial charge in [-0.05, 0) is 35.7 Å². The van der Waals surface area contributed by atoms with E-state index in [0.29, 0.717) is 0 Å². The molecule has 1 aromatic heterocycles. The normalized spacial score (nSPS) is 11.9. The number of halogens is 2. The second-order valence-corrected chi connectivity index (χ2v) is 7.02. The summed E-state index contributed by atoms with van der Waals surface area (Å²) in [6, 6.07) is 9.52. The van der Waals surface area contributed by atoms with Gasteiger partial charge in [-0.3, -0.25) is 9.59 Å². The third kappa shape index (κ3) is 4.86. The lowest BCUT2D eigenvalue weighted by Gasteiger charge is -2.22. The molecule has 2 amide bonds. The number of carbonyl (C=O) groups is 2. The molecule has 0 aliphatic rings. The molecule has 0 aliphatic carbocycles. The van der Waals surface area contributed by atoms with Crippen molar-refractivity contribution in [3.05, 3.63) is 77.9 Å². The van der Waals surface area contributed by atoms with Gasteiger partial charge in [-0.25, -0.2) is 18.4 Å². The molecule has 0 bridgehead atoms. The van der Waals surface area contributed by atoms with Gasteiger partial charge in [0.2, 0.25) is 5.91 Å². The molecule has 0 aliphatic heterocycles. The summed E-state index contributed by atoms with van der Waals surface area (Å²) in [5.74, 6) is -3.68. The number of benzene rings is 2. The van der Waals surface area contributed by atoms with Gasteiger partial charge in [0, 0.05) is 6.54 Å². The molecule has 2 N–H and O–H groups in total. The van der Waals surface area contributed by atoms with E-state index in [2.05, 4.69) is 20.7 Å². The van der Waals surface area contributed by atoms with E-state index in [-0.39, 0.29) is 12.5 Å². The van der Waals surface area contributed by atoms with Gasteiger partial charge >= 0.3 is 0 Å². The smallest absolute Gasteiger partial charge is 0.257 e. The summed E-state index contributed by atoms with van der Waals surface area (Å²) < 4.78 is 29.3. The first-order valence-electron chi connectivity index (χ1n) is 9.33. The summed E-state index contributed by atoms with van der Waals surface area (Å²) in [4.78, 5) is 28.8. The Bertz CT molecular complexity index is 1000. The molecule has 0 fully saturated rings. The number of hydrogen-bond donors (Lipinski definition) is 2. The number of nitrogens with one attached hydrogen (secondary N) is 2. The minimum absolute atomic E-state index is 0.226. The first-order chi connectivity index (χ1) is 14.4. The highest BCUT2D eigenvalue weighted by Gasteiger charge is 2.27. The maximum Gasteiger partial charge on any atom is 0.257 e. The average Bonchev–Trinajstić information content (AvgIpc) is 3.25. The van der Waals surface area contributed by atoms with Crippen LogP contribution in [0.1, 0.15) is 29.8 Å². The van der Waals surface area contributed by atoms with Crippen molar-refractivity contribution in [3.8, 4) is 5.69 Å². The van der Waals surface area contributed by atoms with Crippen molar-refractivity contribution in [1.82, 2.24) is 25.4 Å². The molecule has 1 heterocycles. The van der Waals surface area contributed by atoms with Crippen molar-refractivity contribution in [2.24, 2.45) is 5.92 Å². The lowest BCUT2D eigenvalue weighted by molar-refractivity contribution is -0.124. The monoisotopic (exact) mass is 413 g/mol. The summed E-state index contributed by atoms with van der Waals surface area (Å²) in [7, 11) is 0. The van der Waals surface area contributed by atoms with Crippen LogP contribution in [0.4, 0.5) is 8.78 Å². The van der Waals surface area contributed by atoms with Crippen LogP contribution in [0, 0.1) is 17.6 Å². The molecule has 9 heteroatoms. The molecular formula is C21H21F2N5O2. The van der Waals surface area contributed by atoms with E-state index in [0.717, 1.165) is 23.4 Å². The summed E-state index contributed by atoms with van der Waals surface area (Å²) >= 11 is 0. The zero-order chi connectivity index (χ0) is 21.7. The van der Waals surface area contributed by atoms with Gasteiger partial charge in [0.15, 0.2) is 0 Å². The summed E-state index contributed by atoms with van der Waals surface area (Å²) in [5.41, 5.74) is 0.947. The first-order valence-corrected chi connectivity index (χ1v) is 9.33. The molecule has 30 heavy (non-hydrogen) atoms. The highest BCUT2D eigenvalue weighted by molar-refractivity contribution is 5.98. The van der Waals surface area contributed by atoms with Crippen molar-refractivity contribution in [3.63, 3.8) is 0 Å². The third-order valence-corrected chi connectivity index (χ3v) is 4.51. The molecule has 0 radical (unpaired) electrons. The second-order valence-electron chi connectivity index (χ2n) is 7.02. The summed E-state index contributed by atoms with van der Waals surface area (Å²) in [5, 5.41) is 9.21. The van der Waals surface area contributed by atoms with E-state index in [1.54, 1.807) is 24.9 Å². The molecule has 7 nitrogen and oxygen atoms in total. The van der Waals surface area contributed by atoms with Gasteiger partial charge < -0.3 is 10.6 Å². The highest BCUT2D eigenvalue weighted by atomic mass is 19.1. The van der Waals surface area contributed by atoms with Crippen molar-refractivity contribution in [2.45, 2.75) is 26.4 Å². The van der Waals surface area contributed by atoms with Crippen molar-refractivity contribution < 1.29 is 18.4 Å². The number of amides is 2. The zero-order valence-electron chi connectivity index (χ0n) is 16.5. The van der Waals surface area contributed by atoms with E-state index >= 15 is 0 Å². The fourth-order valence-electron chi connectivity index (χ4n) is 2.87. The SMILES string of the molecule is CC(C)C(NC(=O)c1c(F)cccc1F)C(=O)NCc1ccc(-n2cncn2)cc1. The first kappa shape index (κ1) is 21.1. The lowest BCUT2D eigenvalue weighted by Crippen LogP contribution is -2.49. The molecule has 1 unspecified atom stereocenters. The maximum atomic E-state index is 13.8. The maximum absolute atomic E-state index is 13.8.